The standard InChI is InChI=1S/C23H21F6N5O3/c24-22(25,26)9-7-18(14-1-3-15(4-2-14)21(37)30-10-8-20(35)36)33-17-5-6-19(31-12-17)34-13-16(11-32-34)23(27,28)29/h1-6,11-13,18,33H,7-10H2,(H,30,37)(H,35,36)/t18-/m1/s1. The van der Waals surface area contributed by atoms with Gasteiger partial charge >= 0.3 is 18.3 Å². The number of aliphatic carboxylic acids is 1. The highest BCUT2D eigenvalue weighted by Gasteiger charge is 2.32. The Labute approximate surface area is 206 Å². The highest BCUT2D eigenvalue weighted by molar-refractivity contribution is 5.94. The number of carbonyl (C=O) groups is 2. The number of aromatic nitrogens is 3. The summed E-state index contributed by atoms with van der Waals surface area (Å²) in [5.41, 5.74) is 0.00170. The molecule has 198 valence electrons. The van der Waals surface area contributed by atoms with Crippen molar-refractivity contribution in [2.45, 2.75) is 37.7 Å². The first kappa shape index (κ1) is 27.5. The van der Waals surface area contributed by atoms with Crippen molar-refractivity contribution in [3.8, 4) is 5.82 Å². The fourth-order valence-corrected chi connectivity index (χ4v) is 3.28. The van der Waals surface area contributed by atoms with E-state index in [4.69, 9.17) is 5.11 Å². The Morgan fingerprint density at radius 1 is 1.00 bits per heavy atom. The molecule has 0 aliphatic carbocycles. The van der Waals surface area contributed by atoms with Crippen molar-refractivity contribution in [3.63, 3.8) is 0 Å². The third kappa shape index (κ3) is 8.22. The molecular weight excluding hydrogens is 508 g/mol. The summed E-state index contributed by atoms with van der Waals surface area (Å²) in [5.74, 6) is -1.53. The molecule has 37 heavy (non-hydrogen) atoms. The van der Waals surface area contributed by atoms with Crippen molar-refractivity contribution in [2.75, 3.05) is 11.9 Å². The number of nitrogens with zero attached hydrogens (tertiary/aromatic N) is 3. The molecule has 0 radical (unpaired) electrons. The number of alkyl halides is 6. The lowest BCUT2D eigenvalue weighted by Crippen LogP contribution is -2.26. The highest BCUT2D eigenvalue weighted by atomic mass is 19.4. The van der Waals surface area contributed by atoms with Gasteiger partial charge in [-0.25, -0.2) is 9.67 Å². The second-order valence-electron chi connectivity index (χ2n) is 7.95. The van der Waals surface area contributed by atoms with Crippen LogP contribution in [-0.4, -0.2) is 44.5 Å². The zero-order valence-electron chi connectivity index (χ0n) is 19.0. The highest BCUT2D eigenvalue weighted by Crippen LogP contribution is 2.31. The average molecular weight is 529 g/mol. The van der Waals surface area contributed by atoms with Gasteiger partial charge < -0.3 is 15.7 Å². The van der Waals surface area contributed by atoms with Crippen molar-refractivity contribution < 1.29 is 41.0 Å². The van der Waals surface area contributed by atoms with Gasteiger partial charge in [0.15, 0.2) is 5.82 Å². The van der Waals surface area contributed by atoms with Crippen LogP contribution in [0.25, 0.3) is 5.82 Å². The summed E-state index contributed by atoms with van der Waals surface area (Å²) >= 11 is 0. The van der Waals surface area contributed by atoms with Crippen LogP contribution in [0.5, 0.6) is 0 Å². The van der Waals surface area contributed by atoms with Crippen molar-refractivity contribution in [2.24, 2.45) is 0 Å². The van der Waals surface area contributed by atoms with Gasteiger partial charge in [0.1, 0.15) is 0 Å². The fraction of sp³-hybridized carbons (Fsp3) is 0.304. The lowest BCUT2D eigenvalue weighted by atomic mass is 9.99. The van der Waals surface area contributed by atoms with Gasteiger partial charge in [0.05, 0.1) is 36.1 Å². The van der Waals surface area contributed by atoms with Crippen molar-refractivity contribution in [1.82, 2.24) is 20.1 Å². The van der Waals surface area contributed by atoms with Crippen LogP contribution in [0.4, 0.5) is 32.0 Å². The number of pyridine rings is 1. The predicted molar refractivity (Wildman–Crippen MR) is 119 cm³/mol. The summed E-state index contributed by atoms with van der Waals surface area (Å²) in [7, 11) is 0. The zero-order valence-corrected chi connectivity index (χ0v) is 19.0. The van der Waals surface area contributed by atoms with Crippen LogP contribution in [0.15, 0.2) is 55.0 Å². The SMILES string of the molecule is O=C(O)CCNC(=O)c1ccc([C@@H](CCC(F)(F)F)Nc2ccc(-n3cc(C(F)(F)F)cn3)nc2)cc1. The molecular formula is C23H21F6N5O3. The molecule has 8 nitrogen and oxygen atoms in total. The Kier molecular flexibility index (Phi) is 8.40. The van der Waals surface area contributed by atoms with E-state index in [0.717, 1.165) is 10.9 Å². The summed E-state index contributed by atoms with van der Waals surface area (Å²) in [6.07, 6.45) is -8.01. The maximum atomic E-state index is 12.9. The van der Waals surface area contributed by atoms with Crippen LogP contribution in [0.2, 0.25) is 0 Å². The van der Waals surface area contributed by atoms with Gasteiger partial charge in [-0.1, -0.05) is 12.1 Å². The van der Waals surface area contributed by atoms with E-state index >= 15 is 0 Å². The van der Waals surface area contributed by atoms with E-state index in [-0.39, 0.29) is 30.8 Å². The summed E-state index contributed by atoms with van der Waals surface area (Å²) in [6, 6.07) is 7.74. The molecule has 2 aromatic heterocycles. The summed E-state index contributed by atoms with van der Waals surface area (Å²) < 4.78 is 78.0. The van der Waals surface area contributed by atoms with Crippen LogP contribution in [0.3, 0.4) is 0 Å². The van der Waals surface area contributed by atoms with E-state index in [1.165, 1.54) is 42.6 Å². The number of benzene rings is 1. The Morgan fingerprint density at radius 3 is 2.24 bits per heavy atom. The minimum atomic E-state index is -4.57. The Balaban J connectivity index is 1.74. The molecule has 3 rings (SSSR count). The van der Waals surface area contributed by atoms with Crippen LogP contribution in [0, 0.1) is 0 Å². The number of carboxylic acids is 1. The second-order valence-corrected chi connectivity index (χ2v) is 7.95. The van der Waals surface area contributed by atoms with Gasteiger partial charge in [0.25, 0.3) is 5.91 Å². The number of halogens is 6. The van der Waals surface area contributed by atoms with Crippen LogP contribution >= 0.6 is 0 Å². The van der Waals surface area contributed by atoms with Gasteiger partial charge in [-0.3, -0.25) is 9.59 Å². The minimum Gasteiger partial charge on any atom is -0.481 e. The molecule has 3 aromatic rings. The predicted octanol–water partition coefficient (Wildman–Crippen LogP) is 4.99. The molecule has 1 atom stereocenters. The number of amides is 1. The Morgan fingerprint density at radius 2 is 1.70 bits per heavy atom. The summed E-state index contributed by atoms with van der Waals surface area (Å²) in [6.45, 7) is -0.0786. The lowest BCUT2D eigenvalue weighted by Gasteiger charge is -2.21. The number of carboxylic acid groups (broad SMARTS) is 1. The number of hydrogen-bond donors (Lipinski definition) is 3. The molecule has 0 bridgehead atoms. The van der Waals surface area contributed by atoms with E-state index in [0.29, 0.717) is 17.4 Å². The van der Waals surface area contributed by atoms with Gasteiger partial charge in [-0.15, -0.1) is 0 Å². The number of nitrogens with one attached hydrogen (secondary N) is 2. The largest absolute Gasteiger partial charge is 0.481 e. The molecule has 3 N–H and O–H groups in total. The summed E-state index contributed by atoms with van der Waals surface area (Å²) in [5, 5.41) is 17.6. The topological polar surface area (TPSA) is 109 Å². The third-order valence-corrected chi connectivity index (χ3v) is 5.15. The average Bonchev–Trinajstić information content (AvgIpc) is 3.32. The van der Waals surface area contributed by atoms with E-state index in [1.54, 1.807) is 0 Å². The molecule has 0 aliphatic rings. The molecule has 0 fully saturated rings. The van der Waals surface area contributed by atoms with Crippen molar-refractivity contribution >= 4 is 17.6 Å². The molecule has 14 heteroatoms. The van der Waals surface area contributed by atoms with Crippen LogP contribution in [-0.2, 0) is 11.0 Å². The van der Waals surface area contributed by atoms with E-state index in [1.807, 2.05) is 0 Å². The molecule has 1 amide bonds. The Bertz CT molecular complexity index is 1210. The first-order chi connectivity index (χ1) is 17.3. The molecule has 1 aromatic carbocycles. The Hall–Kier alpha value is -4.10. The van der Waals surface area contributed by atoms with E-state index < -0.39 is 42.3 Å². The molecule has 0 unspecified atom stereocenters. The monoisotopic (exact) mass is 529 g/mol. The number of anilines is 1. The number of rotatable bonds is 10. The quantitative estimate of drug-likeness (QED) is 0.320. The molecule has 0 aliphatic heterocycles. The maximum absolute atomic E-state index is 12.9. The first-order valence-corrected chi connectivity index (χ1v) is 10.8. The lowest BCUT2D eigenvalue weighted by molar-refractivity contribution is -0.138. The van der Waals surface area contributed by atoms with Gasteiger partial charge in [-0.05, 0) is 36.2 Å². The van der Waals surface area contributed by atoms with E-state index in [2.05, 4.69) is 20.7 Å². The van der Waals surface area contributed by atoms with Crippen LogP contribution < -0.4 is 10.6 Å². The minimum absolute atomic E-state index is 0.0751. The van der Waals surface area contributed by atoms with Gasteiger partial charge in [0, 0.05) is 24.7 Å². The normalized spacial score (nSPS) is 12.7. The van der Waals surface area contributed by atoms with E-state index in [9.17, 15) is 35.9 Å². The van der Waals surface area contributed by atoms with Crippen LogP contribution in [0.1, 0.15) is 46.8 Å². The molecule has 2 heterocycles. The third-order valence-electron chi connectivity index (χ3n) is 5.15. The maximum Gasteiger partial charge on any atom is 0.419 e. The van der Waals surface area contributed by atoms with Gasteiger partial charge in [0.2, 0.25) is 0 Å². The molecule has 0 saturated heterocycles. The van der Waals surface area contributed by atoms with Crippen molar-refractivity contribution in [1.29, 1.82) is 0 Å². The molecule has 0 saturated carbocycles. The van der Waals surface area contributed by atoms with Gasteiger partial charge in [-0.2, -0.15) is 31.4 Å². The second kappa shape index (κ2) is 11.3. The number of hydrogen-bond acceptors (Lipinski definition) is 5. The fourth-order valence-electron chi connectivity index (χ4n) is 3.28. The smallest absolute Gasteiger partial charge is 0.419 e. The zero-order chi connectivity index (χ0) is 27.2. The first-order valence-electron chi connectivity index (χ1n) is 10.8. The summed E-state index contributed by atoms with van der Waals surface area (Å²) in [4.78, 5) is 26.7. The van der Waals surface area contributed by atoms with Crippen molar-refractivity contribution in [3.05, 3.63) is 71.7 Å². The molecule has 0 spiro atoms. The number of carbonyl (C=O) groups excluding carboxylic acids is 1.